The van der Waals surface area contributed by atoms with Crippen molar-refractivity contribution in [3.05, 3.63) is 51.2 Å². The van der Waals surface area contributed by atoms with Gasteiger partial charge in [0.1, 0.15) is 0 Å². The topological polar surface area (TPSA) is 57.6 Å². The van der Waals surface area contributed by atoms with Crippen LogP contribution in [0.2, 0.25) is 0 Å². The monoisotopic (exact) mass is 325 g/mol. The molecule has 1 aromatic carbocycles. The number of aliphatic hydroxyl groups is 1. The molecule has 0 saturated carbocycles. The Morgan fingerprint density at radius 1 is 1.24 bits per heavy atom. The van der Waals surface area contributed by atoms with Crippen molar-refractivity contribution in [2.75, 3.05) is 7.05 Å². The average Bonchev–Trinajstić information content (AvgIpc) is 2.94. The Labute approximate surface area is 129 Å². The number of hydrogen-bond acceptors (Lipinski definition) is 4. The molecule has 4 nitrogen and oxygen atoms in total. The van der Waals surface area contributed by atoms with E-state index >= 15 is 0 Å². The van der Waals surface area contributed by atoms with Crippen LogP contribution in [0, 0.1) is 13.8 Å². The molecule has 2 aromatic rings. The van der Waals surface area contributed by atoms with Crippen molar-refractivity contribution in [2.45, 2.75) is 31.9 Å². The van der Waals surface area contributed by atoms with E-state index in [0.29, 0.717) is 12.1 Å². The number of rotatable bonds is 5. The third-order valence-corrected chi connectivity index (χ3v) is 6.20. The van der Waals surface area contributed by atoms with Crippen molar-refractivity contribution < 1.29 is 13.5 Å². The molecule has 0 atom stereocenters. The minimum absolute atomic E-state index is 0.169. The quantitative estimate of drug-likeness (QED) is 0.919. The fourth-order valence-electron chi connectivity index (χ4n) is 2.15. The lowest BCUT2D eigenvalue weighted by Gasteiger charge is -2.19. The van der Waals surface area contributed by atoms with Crippen LogP contribution in [-0.2, 0) is 23.2 Å². The Kier molecular flexibility index (Phi) is 4.83. The first-order chi connectivity index (χ1) is 9.86. The summed E-state index contributed by atoms with van der Waals surface area (Å²) < 4.78 is 26.8. The average molecular weight is 325 g/mol. The van der Waals surface area contributed by atoms with Crippen molar-refractivity contribution in [2.24, 2.45) is 0 Å². The van der Waals surface area contributed by atoms with Gasteiger partial charge in [0.05, 0.1) is 11.5 Å². The first kappa shape index (κ1) is 16.2. The summed E-state index contributed by atoms with van der Waals surface area (Å²) in [6.45, 7) is 3.82. The minimum atomic E-state index is -3.57. The lowest BCUT2D eigenvalue weighted by molar-refractivity contribution is 0.281. The fraction of sp³-hybridized carbons (Fsp3) is 0.333. The maximum absolute atomic E-state index is 12.7. The first-order valence-corrected chi connectivity index (χ1v) is 8.93. The molecular weight excluding hydrogens is 306 g/mol. The highest BCUT2D eigenvalue weighted by Gasteiger charge is 2.24. The van der Waals surface area contributed by atoms with Crippen LogP contribution < -0.4 is 0 Å². The number of thiophene rings is 1. The number of aryl methyl sites for hydroxylation is 1. The molecule has 21 heavy (non-hydrogen) atoms. The van der Waals surface area contributed by atoms with Gasteiger partial charge in [-0.1, -0.05) is 6.07 Å². The number of sulfonamides is 1. The highest BCUT2D eigenvalue weighted by atomic mass is 32.2. The molecule has 0 amide bonds. The number of hydrogen-bond donors (Lipinski definition) is 1. The summed E-state index contributed by atoms with van der Waals surface area (Å²) >= 11 is 1.55. The zero-order chi connectivity index (χ0) is 15.6. The van der Waals surface area contributed by atoms with E-state index in [9.17, 15) is 13.5 Å². The summed E-state index contributed by atoms with van der Waals surface area (Å²) in [4.78, 5) is 0.268. The Hall–Kier alpha value is -1.21. The van der Waals surface area contributed by atoms with Gasteiger partial charge in [0.15, 0.2) is 0 Å². The van der Waals surface area contributed by atoms with Crippen molar-refractivity contribution in [1.29, 1.82) is 0 Å². The lowest BCUT2D eigenvalue weighted by Crippen LogP contribution is -2.27. The van der Waals surface area contributed by atoms with Crippen molar-refractivity contribution in [3.63, 3.8) is 0 Å². The Morgan fingerprint density at radius 3 is 2.52 bits per heavy atom. The molecule has 0 saturated heterocycles. The SMILES string of the molecule is Cc1cc(CO)cc(S(=O)(=O)N(C)Cc2ccsc2)c1C. The largest absolute Gasteiger partial charge is 0.392 e. The summed E-state index contributed by atoms with van der Waals surface area (Å²) in [5, 5.41) is 13.1. The first-order valence-electron chi connectivity index (χ1n) is 6.54. The van der Waals surface area contributed by atoms with E-state index in [-0.39, 0.29) is 11.5 Å². The normalized spacial score (nSPS) is 12.0. The predicted molar refractivity (Wildman–Crippen MR) is 84.8 cm³/mol. The molecule has 1 heterocycles. The van der Waals surface area contributed by atoms with Gasteiger partial charge in [-0.2, -0.15) is 15.6 Å². The van der Waals surface area contributed by atoms with Crippen LogP contribution in [0.1, 0.15) is 22.3 Å². The summed E-state index contributed by atoms with van der Waals surface area (Å²) in [6.07, 6.45) is 0. The van der Waals surface area contributed by atoms with Gasteiger partial charge in [-0.3, -0.25) is 0 Å². The molecule has 0 aliphatic rings. The summed E-state index contributed by atoms with van der Waals surface area (Å²) in [7, 11) is -2.00. The smallest absolute Gasteiger partial charge is 0.243 e. The van der Waals surface area contributed by atoms with Crippen molar-refractivity contribution in [3.8, 4) is 0 Å². The highest BCUT2D eigenvalue weighted by Crippen LogP contribution is 2.25. The minimum Gasteiger partial charge on any atom is -0.392 e. The molecule has 1 N–H and O–H groups in total. The fourth-order valence-corrected chi connectivity index (χ4v) is 4.31. The summed E-state index contributed by atoms with van der Waals surface area (Å²) in [5.41, 5.74) is 3.17. The molecule has 0 unspecified atom stereocenters. The standard InChI is InChI=1S/C15H19NO3S2/c1-11-6-14(9-17)7-15(12(11)2)21(18,19)16(3)8-13-4-5-20-10-13/h4-7,10,17H,8-9H2,1-3H3. The number of aliphatic hydroxyl groups excluding tert-OH is 1. The Balaban J connectivity index is 2.41. The molecule has 0 radical (unpaired) electrons. The molecule has 0 aliphatic heterocycles. The third-order valence-electron chi connectivity index (χ3n) is 3.54. The molecule has 0 aliphatic carbocycles. The second-order valence-electron chi connectivity index (χ2n) is 5.09. The molecule has 0 bridgehead atoms. The van der Waals surface area contributed by atoms with Crippen LogP contribution in [0.3, 0.4) is 0 Å². The molecular formula is C15H19NO3S2. The lowest BCUT2D eigenvalue weighted by atomic mass is 10.1. The zero-order valence-corrected chi connectivity index (χ0v) is 14.0. The van der Waals surface area contributed by atoms with E-state index in [1.807, 2.05) is 29.8 Å². The van der Waals surface area contributed by atoms with Gasteiger partial charge in [-0.05, 0) is 59.0 Å². The van der Waals surface area contributed by atoms with Gasteiger partial charge < -0.3 is 5.11 Å². The van der Waals surface area contributed by atoms with Gasteiger partial charge in [0.2, 0.25) is 10.0 Å². The number of benzene rings is 1. The predicted octanol–water partition coefficient (Wildman–Crippen LogP) is 2.68. The van der Waals surface area contributed by atoms with E-state index in [4.69, 9.17) is 0 Å². The maximum Gasteiger partial charge on any atom is 0.243 e. The van der Waals surface area contributed by atoms with Crippen molar-refractivity contribution >= 4 is 21.4 Å². The van der Waals surface area contributed by atoms with Crippen LogP contribution >= 0.6 is 11.3 Å². The van der Waals surface area contributed by atoms with E-state index < -0.39 is 10.0 Å². The van der Waals surface area contributed by atoms with Crippen LogP contribution in [0.4, 0.5) is 0 Å². The maximum atomic E-state index is 12.7. The van der Waals surface area contributed by atoms with E-state index in [1.165, 1.54) is 4.31 Å². The molecule has 6 heteroatoms. The summed E-state index contributed by atoms with van der Waals surface area (Å²) in [5.74, 6) is 0. The van der Waals surface area contributed by atoms with Crippen LogP contribution in [-0.4, -0.2) is 24.9 Å². The highest BCUT2D eigenvalue weighted by molar-refractivity contribution is 7.89. The zero-order valence-electron chi connectivity index (χ0n) is 12.3. The Bertz CT molecular complexity index is 722. The van der Waals surface area contributed by atoms with Crippen molar-refractivity contribution in [1.82, 2.24) is 4.31 Å². The molecule has 1 aromatic heterocycles. The summed E-state index contributed by atoms with van der Waals surface area (Å²) in [6, 6.07) is 5.29. The van der Waals surface area contributed by atoms with Gasteiger partial charge in [0.25, 0.3) is 0 Å². The van der Waals surface area contributed by atoms with Crippen LogP contribution in [0.15, 0.2) is 33.9 Å². The molecule has 2 rings (SSSR count). The molecule has 0 spiro atoms. The Morgan fingerprint density at radius 2 is 1.95 bits per heavy atom. The van der Waals surface area contributed by atoms with E-state index in [0.717, 1.165) is 16.7 Å². The van der Waals surface area contributed by atoms with Crippen LogP contribution in [0.5, 0.6) is 0 Å². The van der Waals surface area contributed by atoms with Gasteiger partial charge in [0, 0.05) is 13.6 Å². The van der Waals surface area contributed by atoms with Gasteiger partial charge in [-0.25, -0.2) is 8.42 Å². The second kappa shape index (κ2) is 6.27. The third kappa shape index (κ3) is 3.35. The molecule has 0 fully saturated rings. The molecule has 114 valence electrons. The number of nitrogens with zero attached hydrogens (tertiary/aromatic N) is 1. The van der Waals surface area contributed by atoms with Crippen LogP contribution in [0.25, 0.3) is 0 Å². The van der Waals surface area contributed by atoms with E-state index in [2.05, 4.69) is 0 Å². The van der Waals surface area contributed by atoms with Gasteiger partial charge in [-0.15, -0.1) is 0 Å². The van der Waals surface area contributed by atoms with E-state index in [1.54, 1.807) is 31.4 Å². The van der Waals surface area contributed by atoms with Gasteiger partial charge >= 0.3 is 0 Å². The second-order valence-corrected chi connectivity index (χ2v) is 7.88.